The molecule has 0 atom stereocenters. The smallest absolute Gasteiger partial charge is 0.320 e. The second-order valence-corrected chi connectivity index (χ2v) is 5.97. The zero-order valence-corrected chi connectivity index (χ0v) is 11.7. The number of carbonyl (C=O) groups is 2. The maximum atomic E-state index is 11.6. The molecule has 1 aliphatic rings. The summed E-state index contributed by atoms with van der Waals surface area (Å²) in [5, 5.41) is 2.33. The lowest BCUT2D eigenvalue weighted by Crippen LogP contribution is -2.48. The maximum absolute atomic E-state index is 11.6. The van der Waals surface area contributed by atoms with Crippen molar-refractivity contribution in [3.05, 3.63) is 35.4 Å². The number of hydrogen-bond donors (Lipinski definition) is 1. The summed E-state index contributed by atoms with van der Waals surface area (Å²) in [6.45, 7) is 7.55. The Bertz CT molecular complexity index is 486. The van der Waals surface area contributed by atoms with E-state index >= 15 is 0 Å². The minimum Gasteiger partial charge on any atom is -0.320 e. The van der Waals surface area contributed by atoms with Crippen molar-refractivity contribution in [3.63, 3.8) is 0 Å². The molecule has 0 bridgehead atoms. The second-order valence-electron chi connectivity index (χ2n) is 5.97. The first-order valence-corrected chi connectivity index (χ1v) is 6.54. The van der Waals surface area contributed by atoms with Gasteiger partial charge in [-0.1, -0.05) is 45.0 Å². The van der Waals surface area contributed by atoms with Gasteiger partial charge in [0.1, 0.15) is 0 Å². The van der Waals surface area contributed by atoms with Gasteiger partial charge >= 0.3 is 6.03 Å². The molecule has 1 fully saturated rings. The Labute approximate surface area is 113 Å². The zero-order valence-electron chi connectivity index (χ0n) is 11.7. The van der Waals surface area contributed by atoms with Crippen LogP contribution in [0.15, 0.2) is 24.3 Å². The topological polar surface area (TPSA) is 49.4 Å². The van der Waals surface area contributed by atoms with Crippen LogP contribution in [-0.4, -0.2) is 23.4 Å². The number of hydrogen-bond acceptors (Lipinski definition) is 2. The van der Waals surface area contributed by atoms with Gasteiger partial charge in [0.15, 0.2) is 0 Å². The van der Waals surface area contributed by atoms with Crippen molar-refractivity contribution < 1.29 is 9.59 Å². The van der Waals surface area contributed by atoms with E-state index in [4.69, 9.17) is 0 Å². The Morgan fingerprint density at radius 3 is 2.32 bits per heavy atom. The number of nitrogens with zero attached hydrogens (tertiary/aromatic N) is 1. The highest BCUT2D eigenvalue weighted by Gasteiger charge is 2.22. The third kappa shape index (κ3) is 3.34. The number of imide groups is 1. The normalized spacial score (nSPS) is 16.5. The van der Waals surface area contributed by atoms with E-state index in [9.17, 15) is 9.59 Å². The van der Waals surface area contributed by atoms with E-state index in [-0.39, 0.29) is 17.4 Å². The van der Waals surface area contributed by atoms with Crippen molar-refractivity contribution in [2.24, 2.45) is 0 Å². The highest BCUT2D eigenvalue weighted by Crippen LogP contribution is 2.22. The van der Waals surface area contributed by atoms with E-state index in [0.717, 1.165) is 5.56 Å². The number of benzene rings is 1. The lowest BCUT2D eigenvalue weighted by Gasteiger charge is -2.27. The van der Waals surface area contributed by atoms with E-state index in [1.807, 2.05) is 12.1 Å². The van der Waals surface area contributed by atoms with Crippen LogP contribution in [-0.2, 0) is 16.8 Å². The molecule has 0 saturated carbocycles. The minimum absolute atomic E-state index is 0.132. The van der Waals surface area contributed by atoms with Gasteiger partial charge in [-0.25, -0.2) is 4.79 Å². The van der Waals surface area contributed by atoms with E-state index < -0.39 is 0 Å². The summed E-state index contributed by atoms with van der Waals surface area (Å²) in [4.78, 5) is 24.4. The summed E-state index contributed by atoms with van der Waals surface area (Å²) < 4.78 is 0. The van der Waals surface area contributed by atoms with Gasteiger partial charge in [0.25, 0.3) is 0 Å². The van der Waals surface area contributed by atoms with E-state index in [1.165, 1.54) is 5.56 Å². The average molecular weight is 260 g/mol. The predicted octanol–water partition coefficient (Wildman–Crippen LogP) is 2.43. The van der Waals surface area contributed by atoms with Gasteiger partial charge in [-0.05, 0) is 16.5 Å². The summed E-state index contributed by atoms with van der Waals surface area (Å²) in [6.07, 6.45) is 0.381. The minimum atomic E-state index is -0.295. The van der Waals surface area contributed by atoms with Gasteiger partial charge in [0, 0.05) is 19.5 Å². The quantitative estimate of drug-likeness (QED) is 0.887. The molecule has 1 aliphatic heterocycles. The molecule has 0 unspecified atom stereocenters. The number of amides is 3. The number of rotatable bonds is 2. The Hall–Kier alpha value is -1.84. The van der Waals surface area contributed by atoms with Gasteiger partial charge in [-0.15, -0.1) is 0 Å². The van der Waals surface area contributed by atoms with Crippen LogP contribution < -0.4 is 5.32 Å². The van der Waals surface area contributed by atoms with Crippen LogP contribution in [0.25, 0.3) is 0 Å². The van der Waals surface area contributed by atoms with Crippen LogP contribution in [0.2, 0.25) is 0 Å². The fraction of sp³-hybridized carbons (Fsp3) is 0.467. The summed E-state index contributed by atoms with van der Waals surface area (Å²) in [5.41, 5.74) is 2.49. The third-order valence-corrected chi connectivity index (χ3v) is 3.34. The molecule has 0 aliphatic carbocycles. The SMILES string of the molecule is CC(C)(C)c1ccc(CN2CCC(=O)NC2=O)cc1. The van der Waals surface area contributed by atoms with Crippen LogP contribution >= 0.6 is 0 Å². The monoisotopic (exact) mass is 260 g/mol. The van der Waals surface area contributed by atoms with Gasteiger partial charge in [0.2, 0.25) is 5.91 Å². The molecule has 4 nitrogen and oxygen atoms in total. The van der Waals surface area contributed by atoms with Crippen LogP contribution in [0.5, 0.6) is 0 Å². The summed E-state index contributed by atoms with van der Waals surface area (Å²) in [7, 11) is 0. The standard InChI is InChI=1S/C15H20N2O2/c1-15(2,3)12-6-4-11(5-7-12)10-17-9-8-13(18)16-14(17)19/h4-7H,8-10H2,1-3H3,(H,16,18,19). The fourth-order valence-electron chi connectivity index (χ4n) is 2.08. The van der Waals surface area contributed by atoms with Gasteiger partial charge < -0.3 is 4.90 Å². The van der Waals surface area contributed by atoms with Gasteiger partial charge in [0.05, 0.1) is 0 Å². The van der Waals surface area contributed by atoms with Crippen molar-refractivity contribution >= 4 is 11.9 Å². The molecule has 102 valence electrons. The molecule has 4 heteroatoms. The molecule has 1 heterocycles. The number of nitrogens with one attached hydrogen (secondary N) is 1. The van der Waals surface area contributed by atoms with E-state index in [0.29, 0.717) is 19.5 Å². The van der Waals surface area contributed by atoms with Crippen molar-refractivity contribution in [3.8, 4) is 0 Å². The van der Waals surface area contributed by atoms with E-state index in [2.05, 4.69) is 38.2 Å². The first-order valence-electron chi connectivity index (χ1n) is 6.54. The van der Waals surface area contributed by atoms with Gasteiger partial charge in [-0.2, -0.15) is 0 Å². The van der Waals surface area contributed by atoms with Crippen molar-refractivity contribution in [1.82, 2.24) is 10.2 Å². The van der Waals surface area contributed by atoms with Crippen LogP contribution in [0, 0.1) is 0 Å². The van der Waals surface area contributed by atoms with Crippen molar-refractivity contribution in [2.45, 2.75) is 39.2 Å². The maximum Gasteiger partial charge on any atom is 0.324 e. The van der Waals surface area contributed by atoms with Crippen LogP contribution in [0.1, 0.15) is 38.3 Å². The first kappa shape index (κ1) is 13.6. The molecule has 1 aromatic carbocycles. The van der Waals surface area contributed by atoms with Crippen LogP contribution in [0.3, 0.4) is 0 Å². The predicted molar refractivity (Wildman–Crippen MR) is 73.7 cm³/mol. The molecule has 0 aromatic heterocycles. The fourth-order valence-corrected chi connectivity index (χ4v) is 2.08. The van der Waals surface area contributed by atoms with Gasteiger partial charge in [-0.3, -0.25) is 10.1 Å². The molecule has 0 radical (unpaired) electrons. The Morgan fingerprint density at radius 1 is 1.16 bits per heavy atom. The van der Waals surface area contributed by atoms with Crippen molar-refractivity contribution in [1.29, 1.82) is 0 Å². The molecule has 1 N–H and O–H groups in total. The Morgan fingerprint density at radius 2 is 1.79 bits per heavy atom. The highest BCUT2D eigenvalue weighted by atomic mass is 16.2. The number of urea groups is 1. The second kappa shape index (κ2) is 5.03. The highest BCUT2D eigenvalue weighted by molar-refractivity contribution is 5.96. The first-order chi connectivity index (χ1) is 8.86. The number of carbonyl (C=O) groups excluding carboxylic acids is 2. The molecule has 0 spiro atoms. The molecule has 2 rings (SSSR count). The molecular formula is C15H20N2O2. The Balaban J connectivity index is 2.04. The molecule has 1 saturated heterocycles. The van der Waals surface area contributed by atoms with Crippen LogP contribution in [0.4, 0.5) is 4.79 Å². The third-order valence-electron chi connectivity index (χ3n) is 3.34. The summed E-state index contributed by atoms with van der Waals surface area (Å²) in [6, 6.07) is 8.00. The summed E-state index contributed by atoms with van der Waals surface area (Å²) >= 11 is 0. The molecule has 1 aromatic rings. The molecule has 3 amide bonds. The summed E-state index contributed by atoms with van der Waals surface area (Å²) in [5.74, 6) is -0.190. The average Bonchev–Trinajstić information content (AvgIpc) is 2.32. The largest absolute Gasteiger partial charge is 0.324 e. The molecular weight excluding hydrogens is 240 g/mol. The molecule has 19 heavy (non-hydrogen) atoms. The lowest BCUT2D eigenvalue weighted by molar-refractivity contribution is -0.121. The zero-order chi connectivity index (χ0) is 14.0. The lowest BCUT2D eigenvalue weighted by atomic mass is 9.87. The van der Waals surface area contributed by atoms with Crippen molar-refractivity contribution in [2.75, 3.05) is 6.54 Å². The van der Waals surface area contributed by atoms with E-state index in [1.54, 1.807) is 4.90 Å². The Kier molecular flexibility index (Phi) is 3.60.